The van der Waals surface area contributed by atoms with E-state index < -0.39 is 0 Å². The first-order valence-electron chi connectivity index (χ1n) is 8.70. The zero-order valence-corrected chi connectivity index (χ0v) is 15.7. The van der Waals surface area contributed by atoms with Crippen LogP contribution >= 0.6 is 11.6 Å². The summed E-state index contributed by atoms with van der Waals surface area (Å²) in [5.74, 6) is -0.217. The van der Waals surface area contributed by atoms with Crippen molar-refractivity contribution in [3.8, 4) is 6.07 Å². The average molecular weight is 383 g/mol. The highest BCUT2D eigenvalue weighted by atomic mass is 35.5. The molecule has 2 heterocycles. The molecule has 6 nitrogen and oxygen atoms in total. The van der Waals surface area contributed by atoms with Crippen LogP contribution in [0.2, 0.25) is 5.02 Å². The summed E-state index contributed by atoms with van der Waals surface area (Å²) in [6.45, 7) is 3.95. The second-order valence-corrected chi connectivity index (χ2v) is 6.85. The van der Waals surface area contributed by atoms with Crippen molar-refractivity contribution in [2.75, 3.05) is 26.2 Å². The smallest absolute Gasteiger partial charge is 0.255 e. The summed E-state index contributed by atoms with van der Waals surface area (Å²) in [5, 5.41) is 9.38. The van der Waals surface area contributed by atoms with Gasteiger partial charge < -0.3 is 9.80 Å². The van der Waals surface area contributed by atoms with Gasteiger partial charge in [-0.25, -0.2) is 4.98 Å². The van der Waals surface area contributed by atoms with E-state index >= 15 is 0 Å². The number of rotatable bonds is 2. The number of hydrogen-bond donors (Lipinski definition) is 0. The molecule has 0 bridgehead atoms. The van der Waals surface area contributed by atoms with Crippen molar-refractivity contribution in [2.24, 2.45) is 0 Å². The normalized spacial score (nSPS) is 14.4. The molecule has 0 atom stereocenters. The van der Waals surface area contributed by atoms with Crippen LogP contribution in [-0.4, -0.2) is 52.8 Å². The van der Waals surface area contributed by atoms with Crippen LogP contribution in [0.4, 0.5) is 0 Å². The summed E-state index contributed by atoms with van der Waals surface area (Å²) in [4.78, 5) is 32.8. The Bertz CT molecular complexity index is 905. The van der Waals surface area contributed by atoms with Crippen LogP contribution < -0.4 is 0 Å². The maximum absolute atomic E-state index is 12.8. The third kappa shape index (κ3) is 4.26. The fourth-order valence-electron chi connectivity index (χ4n) is 3.00. The Labute approximate surface area is 163 Å². The molecule has 0 aliphatic carbocycles. The number of halogens is 1. The van der Waals surface area contributed by atoms with Gasteiger partial charge in [-0.05, 0) is 43.2 Å². The highest BCUT2D eigenvalue weighted by molar-refractivity contribution is 6.31. The van der Waals surface area contributed by atoms with Crippen molar-refractivity contribution < 1.29 is 9.59 Å². The number of nitrogens with zero attached hydrogens (tertiary/aromatic N) is 4. The predicted molar refractivity (Wildman–Crippen MR) is 102 cm³/mol. The summed E-state index contributed by atoms with van der Waals surface area (Å²) in [6.07, 6.45) is 2.11. The van der Waals surface area contributed by atoms with Gasteiger partial charge >= 0.3 is 0 Å². The van der Waals surface area contributed by atoms with E-state index in [2.05, 4.69) is 4.98 Å². The van der Waals surface area contributed by atoms with Crippen LogP contribution in [0.25, 0.3) is 0 Å². The van der Waals surface area contributed by atoms with Crippen LogP contribution in [0.5, 0.6) is 0 Å². The lowest BCUT2D eigenvalue weighted by Gasteiger charge is -2.22. The summed E-state index contributed by atoms with van der Waals surface area (Å²) >= 11 is 6.13. The van der Waals surface area contributed by atoms with Crippen molar-refractivity contribution in [2.45, 2.75) is 13.3 Å². The molecule has 2 aromatic rings. The van der Waals surface area contributed by atoms with Gasteiger partial charge in [-0.15, -0.1) is 0 Å². The standard InChI is InChI=1S/C20H19ClN4O2/c1-14-3-4-15(11-18(14)21)19(26)24-7-2-8-25(10-9-24)20(27)16-5-6-17(12-22)23-13-16/h3-6,11,13H,2,7-10H2,1H3. The van der Waals surface area contributed by atoms with Gasteiger partial charge in [0.1, 0.15) is 11.8 Å². The minimum Gasteiger partial charge on any atom is -0.337 e. The summed E-state index contributed by atoms with van der Waals surface area (Å²) in [5.41, 5.74) is 2.20. The lowest BCUT2D eigenvalue weighted by Crippen LogP contribution is -2.37. The number of amides is 2. The third-order valence-corrected chi connectivity index (χ3v) is 5.02. The van der Waals surface area contributed by atoms with Crippen LogP contribution in [0, 0.1) is 18.3 Å². The van der Waals surface area contributed by atoms with E-state index in [0.717, 1.165) is 5.56 Å². The van der Waals surface area contributed by atoms with E-state index in [4.69, 9.17) is 16.9 Å². The topological polar surface area (TPSA) is 77.3 Å². The zero-order valence-electron chi connectivity index (χ0n) is 15.0. The Morgan fingerprint density at radius 1 is 1.04 bits per heavy atom. The van der Waals surface area contributed by atoms with E-state index in [1.165, 1.54) is 12.3 Å². The molecule has 0 N–H and O–H groups in total. The van der Waals surface area contributed by atoms with Crippen molar-refractivity contribution >= 4 is 23.4 Å². The Hall–Kier alpha value is -2.91. The molecule has 7 heteroatoms. The molecular weight excluding hydrogens is 364 g/mol. The number of pyridine rings is 1. The van der Waals surface area contributed by atoms with Crippen molar-refractivity contribution in [3.63, 3.8) is 0 Å². The average Bonchev–Trinajstić information content (AvgIpc) is 2.95. The molecule has 1 aromatic heterocycles. The highest BCUT2D eigenvalue weighted by Gasteiger charge is 2.24. The van der Waals surface area contributed by atoms with Crippen LogP contribution in [0.15, 0.2) is 36.5 Å². The number of hydrogen-bond acceptors (Lipinski definition) is 4. The molecule has 0 unspecified atom stereocenters. The number of benzene rings is 1. The van der Waals surface area contributed by atoms with Gasteiger partial charge in [0.05, 0.1) is 5.56 Å². The molecule has 1 saturated heterocycles. The van der Waals surface area contributed by atoms with E-state index in [1.807, 2.05) is 19.1 Å². The lowest BCUT2D eigenvalue weighted by molar-refractivity contribution is 0.0718. The van der Waals surface area contributed by atoms with Crippen LogP contribution in [0.3, 0.4) is 0 Å². The first-order valence-corrected chi connectivity index (χ1v) is 9.08. The molecule has 3 rings (SSSR count). The molecule has 2 amide bonds. The molecular formula is C20H19ClN4O2. The molecule has 1 fully saturated rings. The molecule has 1 aliphatic rings. The van der Waals surface area contributed by atoms with E-state index in [1.54, 1.807) is 28.0 Å². The SMILES string of the molecule is Cc1ccc(C(=O)N2CCCN(C(=O)c3ccc(C#N)nc3)CC2)cc1Cl. The maximum atomic E-state index is 12.8. The maximum Gasteiger partial charge on any atom is 0.255 e. The van der Waals surface area contributed by atoms with Crippen molar-refractivity contribution in [1.82, 2.24) is 14.8 Å². The van der Waals surface area contributed by atoms with Crippen molar-refractivity contribution in [1.29, 1.82) is 5.26 Å². The van der Waals surface area contributed by atoms with Gasteiger partial charge in [-0.1, -0.05) is 17.7 Å². The Kier molecular flexibility index (Phi) is 5.72. The molecule has 0 spiro atoms. The first kappa shape index (κ1) is 18.9. The largest absolute Gasteiger partial charge is 0.337 e. The van der Waals surface area contributed by atoms with Gasteiger partial charge in [-0.3, -0.25) is 9.59 Å². The van der Waals surface area contributed by atoms with Gasteiger partial charge in [0.25, 0.3) is 11.8 Å². The third-order valence-electron chi connectivity index (χ3n) is 4.61. The minimum atomic E-state index is -0.139. The molecule has 0 saturated carbocycles. The number of aromatic nitrogens is 1. The Balaban J connectivity index is 1.67. The number of carbonyl (C=O) groups is 2. The van der Waals surface area contributed by atoms with E-state index in [-0.39, 0.29) is 17.5 Å². The highest BCUT2D eigenvalue weighted by Crippen LogP contribution is 2.19. The predicted octanol–water partition coefficient (Wildman–Crippen LogP) is 2.90. The Morgan fingerprint density at radius 3 is 2.22 bits per heavy atom. The number of carbonyl (C=O) groups excluding carboxylic acids is 2. The van der Waals surface area contributed by atoms with Crippen LogP contribution in [-0.2, 0) is 0 Å². The van der Waals surface area contributed by atoms with Gasteiger partial charge in [0.15, 0.2) is 0 Å². The van der Waals surface area contributed by atoms with E-state index in [0.29, 0.717) is 48.7 Å². The zero-order chi connectivity index (χ0) is 19.4. The lowest BCUT2D eigenvalue weighted by atomic mass is 10.1. The van der Waals surface area contributed by atoms with Gasteiger partial charge in [0.2, 0.25) is 0 Å². The van der Waals surface area contributed by atoms with Crippen LogP contribution in [0.1, 0.15) is 38.4 Å². The fraction of sp³-hybridized carbons (Fsp3) is 0.300. The second-order valence-electron chi connectivity index (χ2n) is 6.45. The molecule has 1 aromatic carbocycles. The molecule has 0 radical (unpaired) electrons. The molecule has 27 heavy (non-hydrogen) atoms. The molecule has 138 valence electrons. The monoisotopic (exact) mass is 382 g/mol. The van der Waals surface area contributed by atoms with Gasteiger partial charge in [0, 0.05) is 43.0 Å². The quantitative estimate of drug-likeness (QED) is 0.800. The molecule has 1 aliphatic heterocycles. The Morgan fingerprint density at radius 2 is 1.67 bits per heavy atom. The van der Waals surface area contributed by atoms with Crippen molar-refractivity contribution in [3.05, 3.63) is 63.9 Å². The summed E-state index contributed by atoms with van der Waals surface area (Å²) < 4.78 is 0. The second kappa shape index (κ2) is 8.19. The fourth-order valence-corrected chi connectivity index (χ4v) is 3.18. The first-order chi connectivity index (χ1) is 13.0. The minimum absolute atomic E-state index is 0.0776. The summed E-state index contributed by atoms with van der Waals surface area (Å²) in [7, 11) is 0. The number of nitriles is 1. The summed E-state index contributed by atoms with van der Waals surface area (Å²) in [6, 6.07) is 10.4. The van der Waals surface area contributed by atoms with Gasteiger partial charge in [-0.2, -0.15) is 5.26 Å². The number of aryl methyl sites for hydroxylation is 1. The van der Waals surface area contributed by atoms with E-state index in [9.17, 15) is 9.59 Å².